The van der Waals surface area contributed by atoms with Crippen LogP contribution in [0.5, 0.6) is 0 Å². The maximum Gasteiger partial charge on any atom is 0.340 e. The van der Waals surface area contributed by atoms with Crippen LogP contribution in [0, 0.1) is 17.6 Å². The second-order valence-corrected chi connectivity index (χ2v) is 5.08. The van der Waals surface area contributed by atoms with Crippen LogP contribution in [-0.4, -0.2) is 48.2 Å². The minimum atomic E-state index is -1.26. The van der Waals surface area contributed by atoms with Gasteiger partial charge in [-0.2, -0.15) is 0 Å². The summed E-state index contributed by atoms with van der Waals surface area (Å²) in [7, 11) is 1.33. The highest BCUT2D eigenvalue weighted by Crippen LogP contribution is 2.21. The first-order chi connectivity index (χ1) is 11.2. The molecular formula is C15H18F2N2O5. The zero-order valence-electron chi connectivity index (χ0n) is 13.4. The first kappa shape index (κ1) is 19.3. The molecule has 132 valence electrons. The molecule has 0 aromatic heterocycles. The Bertz CT molecular complexity index is 651. The molecule has 0 saturated carbocycles. The van der Waals surface area contributed by atoms with Crippen molar-refractivity contribution in [2.75, 3.05) is 25.5 Å². The summed E-state index contributed by atoms with van der Waals surface area (Å²) in [6, 6.07) is 0.510. The van der Waals surface area contributed by atoms with Gasteiger partial charge in [0.05, 0.1) is 23.8 Å². The van der Waals surface area contributed by atoms with E-state index in [9.17, 15) is 23.2 Å². The molecular weight excluding hydrogens is 326 g/mol. The van der Waals surface area contributed by atoms with Gasteiger partial charge in [0.1, 0.15) is 0 Å². The number of amides is 2. The third-order valence-electron chi connectivity index (χ3n) is 3.11. The number of nitrogens with zero attached hydrogens (tertiary/aromatic N) is 1. The van der Waals surface area contributed by atoms with E-state index in [-0.39, 0.29) is 24.4 Å². The van der Waals surface area contributed by atoms with E-state index in [2.05, 4.69) is 5.32 Å². The lowest BCUT2D eigenvalue weighted by molar-refractivity contribution is -0.141. The Labute approximate surface area is 137 Å². The quantitative estimate of drug-likeness (QED) is 0.772. The predicted octanol–water partition coefficient (Wildman–Crippen LogP) is 2.33. The summed E-state index contributed by atoms with van der Waals surface area (Å²) in [6.45, 7) is 2.85. The smallest absolute Gasteiger partial charge is 0.340 e. The molecule has 9 heteroatoms. The summed E-state index contributed by atoms with van der Waals surface area (Å²) >= 11 is 0. The first-order valence-electron chi connectivity index (χ1n) is 7.08. The summed E-state index contributed by atoms with van der Waals surface area (Å²) in [5, 5.41) is 11.1. The molecule has 1 aromatic rings. The van der Waals surface area contributed by atoms with Gasteiger partial charge in [-0.3, -0.25) is 4.79 Å². The van der Waals surface area contributed by atoms with Crippen LogP contribution in [0.1, 0.15) is 24.2 Å². The van der Waals surface area contributed by atoms with Gasteiger partial charge in [-0.1, -0.05) is 6.92 Å². The molecule has 24 heavy (non-hydrogen) atoms. The van der Waals surface area contributed by atoms with Gasteiger partial charge < -0.3 is 20.1 Å². The third-order valence-corrected chi connectivity index (χ3v) is 3.11. The zero-order chi connectivity index (χ0) is 18.4. The Hall–Kier alpha value is -2.71. The van der Waals surface area contributed by atoms with Gasteiger partial charge in [0.25, 0.3) is 0 Å². The van der Waals surface area contributed by atoms with Gasteiger partial charge in [-0.15, -0.1) is 0 Å². The second kappa shape index (κ2) is 8.23. The molecule has 1 atom stereocenters. The normalized spacial score (nSPS) is 11.5. The first-order valence-corrected chi connectivity index (χ1v) is 7.08. The Morgan fingerprint density at radius 1 is 1.29 bits per heavy atom. The molecule has 1 aromatic carbocycles. The molecule has 0 spiro atoms. The summed E-state index contributed by atoms with van der Waals surface area (Å²) < 4.78 is 31.5. The molecule has 1 unspecified atom stereocenters. The largest absolute Gasteiger partial charge is 0.481 e. The molecule has 0 fully saturated rings. The second-order valence-electron chi connectivity index (χ2n) is 5.08. The van der Waals surface area contributed by atoms with Crippen molar-refractivity contribution < 1.29 is 33.0 Å². The average molecular weight is 344 g/mol. The van der Waals surface area contributed by atoms with Crippen LogP contribution in [0.3, 0.4) is 0 Å². The Balaban J connectivity index is 3.00. The molecule has 0 saturated heterocycles. The fourth-order valence-corrected chi connectivity index (χ4v) is 1.81. The van der Waals surface area contributed by atoms with Crippen molar-refractivity contribution in [1.29, 1.82) is 0 Å². The van der Waals surface area contributed by atoms with Gasteiger partial charge in [0, 0.05) is 19.7 Å². The molecule has 0 aliphatic heterocycles. The topological polar surface area (TPSA) is 95.9 Å². The van der Waals surface area contributed by atoms with Gasteiger partial charge in [0.15, 0.2) is 11.6 Å². The van der Waals surface area contributed by atoms with Crippen LogP contribution in [0.15, 0.2) is 12.1 Å². The van der Waals surface area contributed by atoms with Crippen LogP contribution in [-0.2, 0) is 9.53 Å². The highest BCUT2D eigenvalue weighted by atomic mass is 19.2. The summed E-state index contributed by atoms with van der Waals surface area (Å²) in [5.41, 5.74) is -0.615. The van der Waals surface area contributed by atoms with Crippen molar-refractivity contribution in [1.82, 2.24) is 4.90 Å². The van der Waals surface area contributed by atoms with Gasteiger partial charge in [-0.05, 0) is 13.0 Å². The standard InChI is InChI=1S/C15H18F2N2O5/c1-4-24-14(22)9-5-10(16)11(17)6-12(9)18-15(23)19(3)7-8(2)13(20)21/h5-6,8H,4,7H2,1-3H3,(H,18,23)(H,20,21). The molecule has 1 rings (SSSR count). The van der Waals surface area contributed by atoms with E-state index in [1.54, 1.807) is 0 Å². The SMILES string of the molecule is CCOC(=O)c1cc(F)c(F)cc1NC(=O)N(C)CC(C)C(=O)O. The van der Waals surface area contributed by atoms with Crippen LogP contribution in [0.25, 0.3) is 0 Å². The number of ether oxygens (including phenoxy) is 1. The number of carbonyl (C=O) groups excluding carboxylic acids is 2. The van der Waals surface area contributed by atoms with Crippen LogP contribution in [0.2, 0.25) is 0 Å². The van der Waals surface area contributed by atoms with E-state index in [0.29, 0.717) is 12.1 Å². The number of hydrogen-bond acceptors (Lipinski definition) is 4. The number of aliphatic carboxylic acids is 1. The van der Waals surface area contributed by atoms with Crippen molar-refractivity contribution in [3.8, 4) is 0 Å². The Morgan fingerprint density at radius 3 is 2.42 bits per heavy atom. The molecule has 0 aliphatic rings. The number of esters is 1. The number of anilines is 1. The van der Waals surface area contributed by atoms with E-state index in [4.69, 9.17) is 9.84 Å². The Kier molecular flexibility index (Phi) is 6.63. The summed E-state index contributed by atoms with van der Waals surface area (Å²) in [4.78, 5) is 35.7. The van der Waals surface area contributed by atoms with Gasteiger partial charge >= 0.3 is 18.0 Å². The van der Waals surface area contributed by atoms with Crippen molar-refractivity contribution in [3.63, 3.8) is 0 Å². The minimum absolute atomic E-state index is 0.0151. The fraction of sp³-hybridized carbons (Fsp3) is 0.400. The van der Waals surface area contributed by atoms with E-state index < -0.39 is 35.5 Å². The number of carboxylic acid groups (broad SMARTS) is 1. The molecule has 7 nitrogen and oxygen atoms in total. The molecule has 0 heterocycles. The zero-order valence-corrected chi connectivity index (χ0v) is 13.4. The molecule has 2 amide bonds. The van der Waals surface area contributed by atoms with E-state index in [0.717, 1.165) is 4.90 Å². The highest BCUT2D eigenvalue weighted by Gasteiger charge is 2.22. The fourth-order valence-electron chi connectivity index (χ4n) is 1.81. The van der Waals surface area contributed by atoms with Crippen molar-refractivity contribution in [2.24, 2.45) is 5.92 Å². The third kappa shape index (κ3) is 4.90. The lowest BCUT2D eigenvalue weighted by Gasteiger charge is -2.21. The lowest BCUT2D eigenvalue weighted by atomic mass is 10.1. The highest BCUT2D eigenvalue weighted by molar-refractivity contribution is 6.00. The molecule has 2 N–H and O–H groups in total. The number of hydrogen-bond donors (Lipinski definition) is 2. The summed E-state index contributed by atoms with van der Waals surface area (Å²) in [6.07, 6.45) is 0. The maximum atomic E-state index is 13.4. The number of halogens is 2. The molecule has 0 aliphatic carbocycles. The molecule has 0 radical (unpaired) electrons. The van der Waals surface area contributed by atoms with E-state index in [1.165, 1.54) is 20.9 Å². The van der Waals surface area contributed by atoms with Crippen LogP contribution < -0.4 is 5.32 Å². The minimum Gasteiger partial charge on any atom is -0.481 e. The number of carbonyl (C=O) groups is 3. The predicted molar refractivity (Wildman–Crippen MR) is 80.8 cm³/mol. The van der Waals surface area contributed by atoms with Crippen molar-refractivity contribution in [2.45, 2.75) is 13.8 Å². The van der Waals surface area contributed by atoms with Crippen molar-refractivity contribution in [3.05, 3.63) is 29.3 Å². The number of rotatable bonds is 6. The number of benzene rings is 1. The number of urea groups is 1. The van der Waals surface area contributed by atoms with Gasteiger partial charge in [0.2, 0.25) is 0 Å². The average Bonchev–Trinajstić information content (AvgIpc) is 2.50. The summed E-state index contributed by atoms with van der Waals surface area (Å²) in [5.74, 6) is -5.35. The van der Waals surface area contributed by atoms with Crippen molar-refractivity contribution >= 4 is 23.7 Å². The van der Waals surface area contributed by atoms with Crippen LogP contribution in [0.4, 0.5) is 19.3 Å². The monoisotopic (exact) mass is 344 g/mol. The van der Waals surface area contributed by atoms with Gasteiger partial charge in [-0.25, -0.2) is 18.4 Å². The number of carboxylic acids is 1. The number of nitrogens with one attached hydrogen (secondary N) is 1. The van der Waals surface area contributed by atoms with Crippen LogP contribution >= 0.6 is 0 Å². The molecule has 0 bridgehead atoms. The van der Waals surface area contributed by atoms with E-state index >= 15 is 0 Å². The van der Waals surface area contributed by atoms with E-state index in [1.807, 2.05) is 0 Å². The Morgan fingerprint density at radius 2 is 1.88 bits per heavy atom. The lowest BCUT2D eigenvalue weighted by Crippen LogP contribution is -2.37. The maximum absolute atomic E-state index is 13.4.